The van der Waals surface area contributed by atoms with E-state index in [1.54, 1.807) is 0 Å². The molecule has 3 rings (SSSR count). The lowest BCUT2D eigenvalue weighted by molar-refractivity contribution is 0.450. The van der Waals surface area contributed by atoms with Crippen molar-refractivity contribution < 1.29 is 9.50 Å². The number of halogens is 2. The molecule has 0 amide bonds. The summed E-state index contributed by atoms with van der Waals surface area (Å²) >= 11 is 7.90. The molecule has 0 saturated heterocycles. The summed E-state index contributed by atoms with van der Waals surface area (Å²) in [6.07, 6.45) is 0.980. The Morgan fingerprint density at radius 1 is 1.29 bits per heavy atom. The van der Waals surface area contributed by atoms with Gasteiger partial charge in [0, 0.05) is 28.1 Å². The van der Waals surface area contributed by atoms with Crippen molar-refractivity contribution in [1.82, 2.24) is 5.32 Å². The molecule has 0 radical (unpaired) electrons. The van der Waals surface area contributed by atoms with Crippen LogP contribution in [-0.2, 0) is 6.54 Å². The second-order valence-corrected chi connectivity index (χ2v) is 6.60. The molecule has 2 aromatic rings. The van der Waals surface area contributed by atoms with E-state index in [9.17, 15) is 9.50 Å². The minimum atomic E-state index is -0.341. The van der Waals surface area contributed by atoms with E-state index in [2.05, 4.69) is 5.32 Å². The van der Waals surface area contributed by atoms with Crippen LogP contribution < -0.4 is 5.32 Å². The monoisotopic (exact) mass is 323 g/mol. The van der Waals surface area contributed by atoms with Gasteiger partial charge in [-0.05, 0) is 54.1 Å². The number of nitrogens with one attached hydrogen (secondary N) is 1. The van der Waals surface area contributed by atoms with Crippen molar-refractivity contribution in [2.75, 3.05) is 5.75 Å². The van der Waals surface area contributed by atoms with Gasteiger partial charge in [0.1, 0.15) is 11.6 Å². The Morgan fingerprint density at radius 3 is 3.00 bits per heavy atom. The van der Waals surface area contributed by atoms with E-state index < -0.39 is 0 Å². The molecule has 0 spiro atoms. The van der Waals surface area contributed by atoms with E-state index >= 15 is 0 Å². The second-order valence-electron chi connectivity index (χ2n) is 5.03. The third kappa shape index (κ3) is 3.34. The van der Waals surface area contributed by atoms with Crippen LogP contribution in [0.3, 0.4) is 0 Å². The molecule has 5 heteroatoms. The molecule has 110 valence electrons. The number of rotatable bonds is 3. The van der Waals surface area contributed by atoms with E-state index in [0.717, 1.165) is 17.2 Å². The molecule has 2 aromatic carbocycles. The maximum atomic E-state index is 13.2. The van der Waals surface area contributed by atoms with Gasteiger partial charge in [0.2, 0.25) is 0 Å². The van der Waals surface area contributed by atoms with Gasteiger partial charge < -0.3 is 10.4 Å². The SMILES string of the molecule is Oc1ccc(F)cc1CNC1CCSc2ccc(Cl)cc21. The first kappa shape index (κ1) is 14.7. The Morgan fingerprint density at radius 2 is 2.14 bits per heavy atom. The second kappa shape index (κ2) is 6.26. The molecular formula is C16H15ClFNOS. The maximum Gasteiger partial charge on any atom is 0.123 e. The van der Waals surface area contributed by atoms with Gasteiger partial charge in [-0.3, -0.25) is 0 Å². The summed E-state index contributed by atoms with van der Waals surface area (Å²) in [5, 5.41) is 13.9. The third-order valence-electron chi connectivity index (χ3n) is 3.59. The highest BCUT2D eigenvalue weighted by Crippen LogP contribution is 2.37. The zero-order valence-corrected chi connectivity index (χ0v) is 12.8. The van der Waals surface area contributed by atoms with Crippen molar-refractivity contribution in [1.29, 1.82) is 0 Å². The normalized spacial score (nSPS) is 17.5. The summed E-state index contributed by atoms with van der Waals surface area (Å²) in [5.41, 5.74) is 1.74. The number of hydrogen-bond donors (Lipinski definition) is 2. The molecule has 0 saturated carbocycles. The Bertz CT molecular complexity index is 665. The minimum absolute atomic E-state index is 0.111. The molecule has 0 bridgehead atoms. The molecule has 1 atom stereocenters. The van der Waals surface area contributed by atoms with Gasteiger partial charge in [-0.1, -0.05) is 11.6 Å². The fourth-order valence-corrected chi connectivity index (χ4v) is 3.79. The highest BCUT2D eigenvalue weighted by molar-refractivity contribution is 7.99. The topological polar surface area (TPSA) is 32.3 Å². The van der Waals surface area contributed by atoms with Crippen LogP contribution in [0.15, 0.2) is 41.3 Å². The summed E-state index contributed by atoms with van der Waals surface area (Å²) in [7, 11) is 0. The molecule has 0 aromatic heterocycles. The van der Waals surface area contributed by atoms with Crippen molar-refractivity contribution in [2.45, 2.75) is 23.9 Å². The zero-order chi connectivity index (χ0) is 14.8. The van der Waals surface area contributed by atoms with Crippen molar-refractivity contribution in [3.63, 3.8) is 0 Å². The summed E-state index contributed by atoms with van der Waals surface area (Å²) in [4.78, 5) is 1.23. The average molecular weight is 324 g/mol. The average Bonchev–Trinajstić information content (AvgIpc) is 2.48. The molecule has 0 fully saturated rings. The van der Waals surface area contributed by atoms with Crippen LogP contribution in [0.1, 0.15) is 23.6 Å². The first-order valence-corrected chi connectivity index (χ1v) is 8.13. The van der Waals surface area contributed by atoms with Crippen LogP contribution in [0, 0.1) is 5.82 Å². The lowest BCUT2D eigenvalue weighted by Gasteiger charge is -2.26. The summed E-state index contributed by atoms with van der Waals surface area (Å²) in [6, 6.07) is 10.1. The van der Waals surface area contributed by atoms with Gasteiger partial charge in [-0.25, -0.2) is 4.39 Å². The lowest BCUT2D eigenvalue weighted by Crippen LogP contribution is -2.24. The van der Waals surface area contributed by atoms with E-state index in [1.165, 1.54) is 28.7 Å². The number of phenols is 1. The van der Waals surface area contributed by atoms with Crippen molar-refractivity contribution in [3.05, 3.63) is 58.4 Å². The Labute approximate surface area is 132 Å². The van der Waals surface area contributed by atoms with Crippen LogP contribution in [0.25, 0.3) is 0 Å². The van der Waals surface area contributed by atoms with Crippen molar-refractivity contribution >= 4 is 23.4 Å². The Hall–Kier alpha value is -1.23. The molecule has 1 unspecified atom stereocenters. The lowest BCUT2D eigenvalue weighted by atomic mass is 10.0. The Balaban J connectivity index is 1.78. The zero-order valence-electron chi connectivity index (χ0n) is 11.3. The van der Waals surface area contributed by atoms with Crippen LogP contribution in [-0.4, -0.2) is 10.9 Å². The number of thioether (sulfide) groups is 1. The Kier molecular flexibility index (Phi) is 4.38. The van der Waals surface area contributed by atoms with Gasteiger partial charge in [-0.2, -0.15) is 0 Å². The molecular weight excluding hydrogens is 309 g/mol. The van der Waals surface area contributed by atoms with Crippen LogP contribution in [0.2, 0.25) is 5.02 Å². The highest BCUT2D eigenvalue weighted by atomic mass is 35.5. The predicted molar refractivity (Wildman–Crippen MR) is 84.4 cm³/mol. The predicted octanol–water partition coefficient (Wildman–Crippen LogP) is 4.51. The van der Waals surface area contributed by atoms with E-state index in [0.29, 0.717) is 12.1 Å². The van der Waals surface area contributed by atoms with E-state index in [-0.39, 0.29) is 17.6 Å². The summed E-state index contributed by atoms with van der Waals surface area (Å²) in [5.74, 6) is 0.800. The van der Waals surface area contributed by atoms with Crippen molar-refractivity contribution in [2.24, 2.45) is 0 Å². The van der Waals surface area contributed by atoms with Crippen LogP contribution in [0.4, 0.5) is 4.39 Å². The fourth-order valence-electron chi connectivity index (χ4n) is 2.51. The summed E-state index contributed by atoms with van der Waals surface area (Å²) in [6.45, 7) is 0.422. The molecule has 1 heterocycles. The summed E-state index contributed by atoms with van der Waals surface area (Å²) < 4.78 is 13.2. The smallest absolute Gasteiger partial charge is 0.123 e. The van der Waals surface area contributed by atoms with Crippen LogP contribution in [0.5, 0.6) is 5.75 Å². The highest BCUT2D eigenvalue weighted by Gasteiger charge is 2.20. The molecule has 2 nitrogen and oxygen atoms in total. The van der Waals surface area contributed by atoms with E-state index in [1.807, 2.05) is 30.0 Å². The minimum Gasteiger partial charge on any atom is -0.508 e. The largest absolute Gasteiger partial charge is 0.508 e. The molecule has 0 aliphatic carbocycles. The molecule has 2 N–H and O–H groups in total. The fraction of sp³-hybridized carbons (Fsp3) is 0.250. The van der Waals surface area contributed by atoms with Gasteiger partial charge in [0.25, 0.3) is 0 Å². The number of benzene rings is 2. The molecule has 21 heavy (non-hydrogen) atoms. The van der Waals surface area contributed by atoms with Crippen LogP contribution >= 0.6 is 23.4 Å². The van der Waals surface area contributed by atoms with Gasteiger partial charge in [0.15, 0.2) is 0 Å². The van der Waals surface area contributed by atoms with Crippen molar-refractivity contribution in [3.8, 4) is 5.75 Å². The standard InChI is InChI=1S/C16H15ClFNOS/c17-11-1-4-16-13(8-11)14(5-6-21-16)19-9-10-7-12(18)2-3-15(10)20/h1-4,7-8,14,19-20H,5-6,9H2. The number of aromatic hydroxyl groups is 1. The first-order valence-electron chi connectivity index (χ1n) is 6.76. The van der Waals surface area contributed by atoms with Gasteiger partial charge in [0.05, 0.1) is 0 Å². The molecule has 1 aliphatic heterocycles. The first-order chi connectivity index (χ1) is 10.1. The number of fused-ring (bicyclic) bond motifs is 1. The quantitative estimate of drug-likeness (QED) is 0.871. The number of phenolic OH excluding ortho intramolecular Hbond substituents is 1. The number of hydrogen-bond acceptors (Lipinski definition) is 3. The maximum absolute atomic E-state index is 13.2. The van der Waals surface area contributed by atoms with Gasteiger partial charge in [-0.15, -0.1) is 11.8 Å². The third-order valence-corrected chi connectivity index (χ3v) is 4.95. The van der Waals surface area contributed by atoms with Gasteiger partial charge >= 0.3 is 0 Å². The van der Waals surface area contributed by atoms with E-state index in [4.69, 9.17) is 11.6 Å². The molecule has 1 aliphatic rings.